The number of carbonyl (C=O) groups excluding carboxylic acids is 2. The summed E-state index contributed by atoms with van der Waals surface area (Å²) in [4.78, 5) is 33.4. The predicted octanol–water partition coefficient (Wildman–Crippen LogP) is 4.61. The average Bonchev–Trinajstić information content (AvgIpc) is 3.63. The summed E-state index contributed by atoms with van der Waals surface area (Å²) >= 11 is 1.07. The smallest absolute Gasteiger partial charge is 0.280 e. The topological polar surface area (TPSA) is 155 Å². The van der Waals surface area contributed by atoms with Crippen molar-refractivity contribution in [2.24, 2.45) is 17.1 Å². The Morgan fingerprint density at radius 1 is 1.06 bits per heavy atom. The lowest BCUT2D eigenvalue weighted by Crippen LogP contribution is -2.54. The first-order chi connectivity index (χ1) is 23.8. The zero-order valence-corrected chi connectivity index (χ0v) is 30.1. The van der Waals surface area contributed by atoms with Crippen LogP contribution >= 0.6 is 11.3 Å². The number of rotatable bonds is 18. The number of halogens is 2. The molecule has 270 valence electrons. The number of hydrogen-bond donors (Lipinski definition) is 4. The number of benzene rings is 2. The van der Waals surface area contributed by atoms with Gasteiger partial charge in [0.1, 0.15) is 11.6 Å². The molecule has 10 nitrogen and oxygen atoms in total. The van der Waals surface area contributed by atoms with Gasteiger partial charge in [-0.2, -0.15) is 8.42 Å². The second-order valence-corrected chi connectivity index (χ2v) is 14.9. The van der Waals surface area contributed by atoms with E-state index in [-0.39, 0.29) is 41.2 Å². The Morgan fingerprint density at radius 3 is 2.34 bits per heavy atom. The first kappa shape index (κ1) is 38.8. The van der Waals surface area contributed by atoms with Crippen molar-refractivity contribution in [2.75, 3.05) is 19.6 Å². The van der Waals surface area contributed by atoms with E-state index in [1.165, 1.54) is 23.0 Å². The van der Waals surface area contributed by atoms with Crippen molar-refractivity contribution in [1.82, 2.24) is 19.9 Å². The minimum absolute atomic E-state index is 0.0429. The largest absolute Gasteiger partial charge is 0.391 e. The molecule has 1 aromatic heterocycles. The van der Waals surface area contributed by atoms with Crippen molar-refractivity contribution in [3.8, 4) is 0 Å². The number of aliphatic hydroxyl groups excluding tert-OH is 1. The third-order valence-corrected chi connectivity index (χ3v) is 10.8. The lowest BCUT2D eigenvalue weighted by molar-refractivity contribution is -0.145. The molecule has 0 radical (unpaired) electrons. The van der Waals surface area contributed by atoms with Gasteiger partial charge in [-0.25, -0.2) is 13.8 Å². The number of aliphatic hydroxyl groups is 1. The van der Waals surface area contributed by atoms with E-state index in [4.69, 9.17) is 5.73 Å². The van der Waals surface area contributed by atoms with Gasteiger partial charge in [0.25, 0.3) is 10.0 Å². The number of aryl methyl sites for hydroxylation is 1. The maximum atomic E-state index is 15.0. The maximum absolute atomic E-state index is 15.0. The molecule has 0 bridgehead atoms. The quantitative estimate of drug-likeness (QED) is 0.149. The van der Waals surface area contributed by atoms with Crippen LogP contribution in [0.2, 0.25) is 0 Å². The maximum Gasteiger partial charge on any atom is 0.280 e. The number of amides is 2. The molecule has 0 spiro atoms. The Bertz CT molecular complexity index is 1790. The van der Waals surface area contributed by atoms with Crippen molar-refractivity contribution in [3.63, 3.8) is 0 Å². The molecule has 0 aliphatic heterocycles. The fraction of sp³-hybridized carbons (Fsp3) is 0.417. The third kappa shape index (κ3) is 9.62. The molecule has 2 aromatic carbocycles. The van der Waals surface area contributed by atoms with E-state index in [1.807, 2.05) is 45.0 Å². The SMILES string of the molecule is CCCN(CCC)C(=O)C1([C@H](Cc2cc(F)cc(F)c2)[C@@H](O)CNCc2cccc(CC)c2)C=C(NS(=O)(=O)c2cscn2)C=C(C(N)=O)C1. The number of hydrogen-bond acceptors (Lipinski definition) is 8. The van der Waals surface area contributed by atoms with E-state index >= 15 is 0 Å². The molecule has 14 heteroatoms. The predicted molar refractivity (Wildman–Crippen MR) is 189 cm³/mol. The third-order valence-electron chi connectivity index (χ3n) is 8.74. The fourth-order valence-corrected chi connectivity index (χ4v) is 8.35. The molecule has 0 fully saturated rings. The first-order valence-corrected chi connectivity index (χ1v) is 19.1. The molecule has 3 aromatic rings. The Balaban J connectivity index is 1.88. The zero-order chi connectivity index (χ0) is 36.5. The second kappa shape index (κ2) is 17.3. The highest BCUT2D eigenvalue weighted by Gasteiger charge is 2.51. The number of carbonyl (C=O) groups is 2. The summed E-state index contributed by atoms with van der Waals surface area (Å²) in [5, 5.41) is 16.4. The molecule has 1 aliphatic rings. The number of nitrogens with two attached hydrogens (primary N) is 1. The molecule has 5 N–H and O–H groups in total. The number of primary amides is 1. The van der Waals surface area contributed by atoms with E-state index < -0.39 is 50.9 Å². The molecule has 0 saturated heterocycles. The van der Waals surface area contributed by atoms with E-state index in [0.29, 0.717) is 32.5 Å². The molecule has 0 saturated carbocycles. The van der Waals surface area contributed by atoms with Crippen LogP contribution in [0.5, 0.6) is 0 Å². The van der Waals surface area contributed by atoms with E-state index in [1.54, 1.807) is 4.90 Å². The second-order valence-electron chi connectivity index (χ2n) is 12.5. The summed E-state index contributed by atoms with van der Waals surface area (Å²) < 4.78 is 58.3. The highest BCUT2D eigenvalue weighted by atomic mass is 32.2. The Morgan fingerprint density at radius 2 is 1.74 bits per heavy atom. The van der Waals surface area contributed by atoms with E-state index in [9.17, 15) is 31.9 Å². The molecular weight excluding hydrogens is 685 g/mol. The van der Waals surface area contributed by atoms with Crippen LogP contribution in [0.15, 0.2) is 81.8 Å². The normalized spacial score (nSPS) is 17.4. The van der Waals surface area contributed by atoms with Crippen molar-refractivity contribution in [1.29, 1.82) is 0 Å². The molecule has 2 amide bonds. The minimum Gasteiger partial charge on any atom is -0.391 e. The van der Waals surface area contributed by atoms with Crippen molar-refractivity contribution < 1.29 is 31.9 Å². The van der Waals surface area contributed by atoms with Gasteiger partial charge in [-0.05, 0) is 73.1 Å². The summed E-state index contributed by atoms with van der Waals surface area (Å²) in [5.41, 5.74) is 7.49. The molecule has 1 aliphatic carbocycles. The number of aromatic nitrogens is 1. The van der Waals surface area contributed by atoms with Gasteiger partial charge in [-0.15, -0.1) is 11.3 Å². The monoisotopic (exact) mass is 729 g/mol. The van der Waals surface area contributed by atoms with Crippen LogP contribution in [0.1, 0.15) is 56.7 Å². The van der Waals surface area contributed by atoms with Crippen LogP contribution in [0.25, 0.3) is 0 Å². The van der Waals surface area contributed by atoms with Crippen LogP contribution < -0.4 is 15.8 Å². The van der Waals surface area contributed by atoms with Gasteiger partial charge in [0.15, 0.2) is 5.03 Å². The van der Waals surface area contributed by atoms with E-state index in [0.717, 1.165) is 47.1 Å². The number of sulfonamides is 1. The van der Waals surface area contributed by atoms with Crippen LogP contribution in [0, 0.1) is 23.0 Å². The highest BCUT2D eigenvalue weighted by Crippen LogP contribution is 2.46. The van der Waals surface area contributed by atoms with E-state index in [2.05, 4.69) is 15.0 Å². The van der Waals surface area contributed by atoms with Crippen molar-refractivity contribution >= 4 is 33.2 Å². The standard InChI is InChI=1S/C36H45F2N5O5S2/c1-4-10-43(11-5-2)35(46)36(18-27(34(39)45)16-30(19-36)42-50(47,48)33-22-49-23-41-33)31(15-26-13-28(37)17-29(38)14-26)32(44)21-40-20-25-9-7-8-24(6-3)12-25/h7-9,12-14,16-17,19,22-23,31-32,40,42,44H,4-6,10-11,15,18,20-21H2,1-3H3,(H2,39,45)/t31-,32+,36?/m1/s1. The van der Waals surface area contributed by atoms with Gasteiger partial charge in [-0.3, -0.25) is 14.3 Å². The summed E-state index contributed by atoms with van der Waals surface area (Å²) in [6.07, 6.45) is 2.90. The summed E-state index contributed by atoms with van der Waals surface area (Å²) in [6, 6.07) is 10.9. The Hall–Kier alpha value is -3.98. The van der Waals surface area contributed by atoms with Gasteiger partial charge in [0, 0.05) is 54.8 Å². The van der Waals surface area contributed by atoms with Crippen LogP contribution in [-0.4, -0.2) is 61.0 Å². The fourth-order valence-electron chi connectivity index (χ4n) is 6.48. The summed E-state index contributed by atoms with van der Waals surface area (Å²) in [5.74, 6) is -4.17. The van der Waals surface area contributed by atoms with Crippen LogP contribution in [-0.2, 0) is 39.0 Å². The van der Waals surface area contributed by atoms with Crippen molar-refractivity contribution in [2.45, 2.75) is 70.6 Å². The minimum atomic E-state index is -4.26. The van der Waals surface area contributed by atoms with Crippen LogP contribution in [0.3, 0.4) is 0 Å². The highest BCUT2D eigenvalue weighted by molar-refractivity contribution is 7.89. The number of thiazole rings is 1. The molecule has 3 atom stereocenters. The number of nitrogens with zero attached hydrogens (tertiary/aromatic N) is 2. The Labute approximate surface area is 296 Å². The lowest BCUT2D eigenvalue weighted by atomic mass is 9.63. The molecule has 4 rings (SSSR count). The first-order valence-electron chi connectivity index (χ1n) is 16.7. The van der Waals surface area contributed by atoms with Crippen LogP contribution in [0.4, 0.5) is 8.78 Å². The van der Waals surface area contributed by atoms with Gasteiger partial charge in [0.2, 0.25) is 11.8 Å². The molecule has 50 heavy (non-hydrogen) atoms. The summed E-state index contributed by atoms with van der Waals surface area (Å²) in [6.45, 7) is 6.86. The number of allylic oxidation sites excluding steroid dienone is 1. The molecule has 1 heterocycles. The lowest BCUT2D eigenvalue weighted by Gasteiger charge is -2.45. The Kier molecular flexibility index (Phi) is 13.4. The number of nitrogens with one attached hydrogen (secondary N) is 2. The molecular formula is C36H45F2N5O5S2. The summed E-state index contributed by atoms with van der Waals surface area (Å²) in [7, 11) is -4.26. The van der Waals surface area contributed by atoms with Gasteiger partial charge < -0.3 is 21.1 Å². The van der Waals surface area contributed by atoms with Gasteiger partial charge in [-0.1, -0.05) is 45.0 Å². The van der Waals surface area contributed by atoms with Crippen molar-refractivity contribution in [3.05, 3.63) is 105 Å². The molecule has 1 unspecified atom stereocenters. The van der Waals surface area contributed by atoms with Gasteiger partial charge >= 0.3 is 0 Å². The average molecular weight is 730 g/mol. The zero-order valence-electron chi connectivity index (χ0n) is 28.5. The van der Waals surface area contributed by atoms with Gasteiger partial charge in [0.05, 0.1) is 17.0 Å².